The van der Waals surface area contributed by atoms with Crippen LogP contribution in [-0.2, 0) is 20.9 Å². The number of aromatic nitrogens is 1. The van der Waals surface area contributed by atoms with Crippen LogP contribution in [0.1, 0.15) is 33.3 Å². The summed E-state index contributed by atoms with van der Waals surface area (Å²) >= 11 is 0. The van der Waals surface area contributed by atoms with E-state index in [4.69, 9.17) is 4.74 Å². The third-order valence-electron chi connectivity index (χ3n) is 6.51. The second-order valence-corrected chi connectivity index (χ2v) is 10.5. The van der Waals surface area contributed by atoms with Crippen molar-refractivity contribution in [2.24, 2.45) is 0 Å². The summed E-state index contributed by atoms with van der Waals surface area (Å²) in [5.74, 6) is -1.83. The summed E-state index contributed by atoms with van der Waals surface area (Å²) in [5.41, 5.74) is -1.31. The summed E-state index contributed by atoms with van der Waals surface area (Å²) in [6.45, 7) is 8.27. The molecule has 0 unspecified atom stereocenters. The molecule has 0 bridgehead atoms. The minimum atomic E-state index is -5.03. The summed E-state index contributed by atoms with van der Waals surface area (Å²) < 4.78 is 49.1. The minimum absolute atomic E-state index is 0.00682. The molecule has 210 valence electrons. The van der Waals surface area contributed by atoms with Crippen LogP contribution in [-0.4, -0.2) is 76.4 Å². The number of morpholine rings is 1. The van der Waals surface area contributed by atoms with E-state index in [2.05, 4.69) is 15.0 Å². The van der Waals surface area contributed by atoms with Gasteiger partial charge in [-0.25, -0.2) is 9.69 Å². The van der Waals surface area contributed by atoms with Gasteiger partial charge < -0.3 is 19.7 Å². The first-order valence-electron chi connectivity index (χ1n) is 12.3. The fraction of sp³-hybridized carbons (Fsp3) is 0.462. The number of hydrogen-bond donors (Lipinski definition) is 1. The van der Waals surface area contributed by atoms with Crippen molar-refractivity contribution in [1.82, 2.24) is 14.8 Å². The van der Waals surface area contributed by atoms with Crippen molar-refractivity contribution < 1.29 is 37.0 Å². The summed E-state index contributed by atoms with van der Waals surface area (Å²) in [6.07, 6.45) is -1.90. The number of carbonyl (C=O) groups excluding carboxylic acids is 3. The van der Waals surface area contributed by atoms with E-state index in [1.54, 1.807) is 38.4 Å². The zero-order valence-electron chi connectivity index (χ0n) is 22.0. The van der Waals surface area contributed by atoms with Gasteiger partial charge >= 0.3 is 12.4 Å². The van der Waals surface area contributed by atoms with Gasteiger partial charge in [-0.15, -0.1) is 13.2 Å². The fourth-order valence-electron chi connectivity index (χ4n) is 4.61. The third kappa shape index (κ3) is 6.48. The number of hydrogen-bond acceptors (Lipinski definition) is 7. The quantitative estimate of drug-likeness (QED) is 0.525. The molecule has 0 spiro atoms. The highest BCUT2D eigenvalue weighted by Crippen LogP contribution is 2.38. The van der Waals surface area contributed by atoms with Gasteiger partial charge in [-0.1, -0.05) is 0 Å². The van der Waals surface area contributed by atoms with E-state index in [0.29, 0.717) is 19.7 Å². The molecular formula is C26H30F3N5O5. The van der Waals surface area contributed by atoms with E-state index in [9.17, 15) is 27.6 Å². The van der Waals surface area contributed by atoms with Crippen molar-refractivity contribution in [2.75, 3.05) is 36.5 Å². The number of nitrogens with one attached hydrogen (secondary N) is 1. The fourth-order valence-corrected chi connectivity index (χ4v) is 4.61. The minimum Gasteiger partial charge on any atom is -0.404 e. The van der Waals surface area contributed by atoms with Gasteiger partial charge in [0.05, 0.1) is 30.1 Å². The monoisotopic (exact) mass is 549 g/mol. The molecule has 2 aliphatic rings. The highest BCUT2D eigenvalue weighted by atomic mass is 19.4. The normalized spacial score (nSPS) is 19.4. The Morgan fingerprint density at radius 1 is 1.13 bits per heavy atom. The number of halogens is 3. The number of imide groups is 1. The van der Waals surface area contributed by atoms with Gasteiger partial charge in [0.2, 0.25) is 5.91 Å². The van der Waals surface area contributed by atoms with Crippen LogP contribution >= 0.6 is 0 Å². The topological polar surface area (TPSA) is 104 Å². The molecule has 39 heavy (non-hydrogen) atoms. The summed E-state index contributed by atoms with van der Waals surface area (Å²) in [7, 11) is 0. The number of carbonyl (C=O) groups is 3. The number of amides is 4. The lowest BCUT2D eigenvalue weighted by molar-refractivity contribution is -0.274. The standard InChI is InChI=1S/C26H30F3N5O5/c1-24(2)16-32(11-12-38-24)15-21(35)31-19-13-18(5-6-20(19)39-26(27,28)29)34-22(36)25(3,4)33(23(34)37)14-17-7-9-30-10-8-17/h5-10,13H,11-12,14-16H2,1-4H3,(H,31,35). The molecule has 0 radical (unpaired) electrons. The highest BCUT2D eigenvalue weighted by Gasteiger charge is 2.52. The number of benzene rings is 1. The van der Waals surface area contributed by atoms with Crippen LogP contribution in [0.3, 0.4) is 0 Å². The van der Waals surface area contributed by atoms with Crippen molar-refractivity contribution in [3.05, 3.63) is 48.3 Å². The largest absolute Gasteiger partial charge is 0.573 e. The van der Waals surface area contributed by atoms with Crippen molar-refractivity contribution in [1.29, 1.82) is 0 Å². The maximum Gasteiger partial charge on any atom is 0.573 e. The molecule has 2 aromatic rings. The van der Waals surface area contributed by atoms with Gasteiger partial charge in [0, 0.05) is 32.0 Å². The molecule has 4 rings (SSSR count). The van der Waals surface area contributed by atoms with E-state index < -0.39 is 41.1 Å². The average Bonchev–Trinajstić information content (AvgIpc) is 2.98. The molecule has 4 amide bonds. The maximum absolute atomic E-state index is 13.4. The van der Waals surface area contributed by atoms with Crippen molar-refractivity contribution in [3.8, 4) is 5.75 Å². The van der Waals surface area contributed by atoms with Crippen LogP contribution < -0.4 is 15.0 Å². The molecule has 0 atom stereocenters. The number of ether oxygens (including phenoxy) is 2. The predicted molar refractivity (Wildman–Crippen MR) is 135 cm³/mol. The van der Waals surface area contributed by atoms with E-state index >= 15 is 0 Å². The Kier molecular flexibility index (Phi) is 7.59. The molecule has 2 saturated heterocycles. The number of alkyl halides is 3. The molecule has 10 nitrogen and oxygen atoms in total. The van der Waals surface area contributed by atoms with Crippen LogP contribution in [0.15, 0.2) is 42.7 Å². The number of pyridine rings is 1. The van der Waals surface area contributed by atoms with Gasteiger partial charge in [0.25, 0.3) is 5.91 Å². The Morgan fingerprint density at radius 3 is 2.46 bits per heavy atom. The number of rotatable bonds is 7. The van der Waals surface area contributed by atoms with Gasteiger partial charge in [0.15, 0.2) is 5.75 Å². The van der Waals surface area contributed by atoms with Crippen LogP contribution in [0.2, 0.25) is 0 Å². The lowest BCUT2D eigenvalue weighted by Gasteiger charge is -2.37. The van der Waals surface area contributed by atoms with E-state index in [1.165, 1.54) is 11.0 Å². The first-order chi connectivity index (χ1) is 18.2. The molecule has 2 aliphatic heterocycles. The highest BCUT2D eigenvalue weighted by molar-refractivity contribution is 6.23. The van der Waals surface area contributed by atoms with Crippen LogP contribution in [0.5, 0.6) is 5.75 Å². The van der Waals surface area contributed by atoms with Crippen molar-refractivity contribution in [2.45, 2.75) is 51.7 Å². The van der Waals surface area contributed by atoms with Crippen LogP contribution in [0, 0.1) is 0 Å². The SMILES string of the molecule is CC1(C)CN(CC(=O)Nc2cc(N3C(=O)N(Cc4ccncc4)C(C)(C)C3=O)ccc2OC(F)(F)F)CCO1. The Balaban J connectivity index is 1.61. The number of anilines is 2. The second-order valence-electron chi connectivity index (χ2n) is 10.5. The number of nitrogens with zero attached hydrogens (tertiary/aromatic N) is 4. The second kappa shape index (κ2) is 10.5. The zero-order valence-corrected chi connectivity index (χ0v) is 22.0. The molecular weight excluding hydrogens is 519 g/mol. The van der Waals surface area contributed by atoms with Gasteiger partial charge in [-0.3, -0.25) is 19.5 Å². The van der Waals surface area contributed by atoms with Gasteiger partial charge in [-0.05, 0) is 63.6 Å². The molecule has 3 heterocycles. The summed E-state index contributed by atoms with van der Waals surface area (Å²) in [4.78, 5) is 47.6. The molecule has 1 aromatic heterocycles. The van der Waals surface area contributed by atoms with E-state index in [-0.39, 0.29) is 24.5 Å². The van der Waals surface area contributed by atoms with Crippen LogP contribution in [0.25, 0.3) is 0 Å². The molecule has 13 heteroatoms. The molecule has 1 N–H and O–H groups in total. The van der Waals surface area contributed by atoms with E-state index in [1.807, 2.05) is 18.7 Å². The Labute approximate surface area is 223 Å². The Bertz CT molecular complexity index is 1250. The summed E-state index contributed by atoms with van der Waals surface area (Å²) in [5, 5.41) is 2.46. The zero-order chi connectivity index (χ0) is 28.6. The average molecular weight is 550 g/mol. The van der Waals surface area contributed by atoms with Crippen LogP contribution in [0.4, 0.5) is 29.3 Å². The summed E-state index contributed by atoms with van der Waals surface area (Å²) in [6, 6.07) is 6.04. The predicted octanol–water partition coefficient (Wildman–Crippen LogP) is 3.78. The lowest BCUT2D eigenvalue weighted by Crippen LogP contribution is -2.50. The lowest BCUT2D eigenvalue weighted by atomic mass is 10.0. The van der Waals surface area contributed by atoms with Crippen molar-refractivity contribution >= 4 is 29.2 Å². The van der Waals surface area contributed by atoms with E-state index in [0.717, 1.165) is 22.6 Å². The van der Waals surface area contributed by atoms with Gasteiger partial charge in [-0.2, -0.15) is 0 Å². The maximum atomic E-state index is 13.4. The molecule has 0 saturated carbocycles. The molecule has 1 aromatic carbocycles. The number of urea groups is 1. The first kappa shape index (κ1) is 28.3. The molecule has 0 aliphatic carbocycles. The Morgan fingerprint density at radius 2 is 1.82 bits per heavy atom. The third-order valence-corrected chi connectivity index (χ3v) is 6.51. The molecule has 2 fully saturated rings. The first-order valence-corrected chi connectivity index (χ1v) is 12.3. The van der Waals surface area contributed by atoms with Crippen molar-refractivity contribution in [3.63, 3.8) is 0 Å². The Hall–Kier alpha value is -3.71. The van der Waals surface area contributed by atoms with Gasteiger partial charge in [0.1, 0.15) is 5.54 Å². The smallest absolute Gasteiger partial charge is 0.404 e.